The van der Waals surface area contributed by atoms with Crippen LogP contribution in [0, 0.1) is 5.92 Å². The first-order valence-electron chi connectivity index (χ1n) is 10.6. The summed E-state index contributed by atoms with van der Waals surface area (Å²) in [5.41, 5.74) is 10.1. The van der Waals surface area contributed by atoms with E-state index in [1.165, 1.54) is 0 Å². The van der Waals surface area contributed by atoms with Crippen molar-refractivity contribution in [3.05, 3.63) is 56.6 Å². The van der Waals surface area contributed by atoms with E-state index in [2.05, 4.69) is 6.92 Å². The number of halogens is 2. The van der Waals surface area contributed by atoms with Crippen molar-refractivity contribution >= 4 is 68.1 Å². The smallest absolute Gasteiger partial charge is 0.348 e. The molecule has 5 rings (SSSR count). The van der Waals surface area contributed by atoms with Crippen molar-refractivity contribution in [2.24, 2.45) is 5.92 Å². The third-order valence-corrected chi connectivity index (χ3v) is 7.40. The Morgan fingerprint density at radius 1 is 1.24 bits per heavy atom. The van der Waals surface area contributed by atoms with Gasteiger partial charge in [0.2, 0.25) is 0 Å². The molecule has 0 radical (unpaired) electrons. The number of rotatable bonds is 5. The lowest BCUT2D eigenvalue weighted by Gasteiger charge is -2.28. The third-order valence-electron chi connectivity index (χ3n) is 5.90. The molecule has 9 heteroatoms. The van der Waals surface area contributed by atoms with E-state index in [-0.39, 0.29) is 15.8 Å². The van der Waals surface area contributed by atoms with Gasteiger partial charge in [-0.15, -0.1) is 11.3 Å². The summed E-state index contributed by atoms with van der Waals surface area (Å²) >= 11 is 13.2. The van der Waals surface area contributed by atoms with Crippen LogP contribution in [-0.2, 0) is 6.42 Å². The second-order valence-electron chi connectivity index (χ2n) is 8.12. The molecule has 1 aliphatic rings. The Bertz CT molecular complexity index is 1420. The topological polar surface area (TPSA) is 102 Å². The van der Waals surface area contributed by atoms with Crippen LogP contribution < -0.4 is 5.73 Å². The average molecular weight is 503 g/mol. The number of nitrogen functional groups attached to an aromatic ring is 1. The Morgan fingerprint density at radius 3 is 2.64 bits per heavy atom. The van der Waals surface area contributed by atoms with E-state index in [1.54, 1.807) is 18.2 Å². The van der Waals surface area contributed by atoms with Crippen LogP contribution in [0.2, 0.25) is 10.4 Å². The summed E-state index contributed by atoms with van der Waals surface area (Å²) in [4.78, 5) is 17.3. The monoisotopic (exact) mass is 502 g/mol. The fraction of sp³-hybridized carbons (Fsp3) is 0.250. The number of furan rings is 2. The molecule has 0 aliphatic heterocycles. The Morgan fingerprint density at radius 2 is 2.00 bits per heavy atom. The number of nitrogens with two attached hydrogens (primary N) is 1. The second kappa shape index (κ2) is 8.56. The lowest BCUT2D eigenvalue weighted by atomic mass is 9.78. The maximum atomic E-state index is 11.8. The Hall–Kier alpha value is -2.74. The third kappa shape index (κ3) is 3.94. The largest absolute Gasteiger partial charge is 0.477 e. The predicted molar refractivity (Wildman–Crippen MR) is 132 cm³/mol. The number of aromatic carboxylic acids is 1. The maximum Gasteiger partial charge on any atom is 0.348 e. The molecule has 0 saturated heterocycles. The highest BCUT2D eigenvalue weighted by atomic mass is 35.5. The van der Waals surface area contributed by atoms with Crippen LogP contribution in [0.5, 0.6) is 0 Å². The average Bonchev–Trinajstić information content (AvgIpc) is 3.46. The number of aromatic nitrogens is 1. The van der Waals surface area contributed by atoms with Gasteiger partial charge >= 0.3 is 5.97 Å². The van der Waals surface area contributed by atoms with E-state index >= 15 is 0 Å². The van der Waals surface area contributed by atoms with E-state index in [4.69, 9.17) is 42.8 Å². The molecule has 33 heavy (non-hydrogen) atoms. The van der Waals surface area contributed by atoms with Crippen LogP contribution in [0.1, 0.15) is 52.9 Å². The van der Waals surface area contributed by atoms with Crippen molar-refractivity contribution in [1.29, 1.82) is 0 Å². The van der Waals surface area contributed by atoms with Crippen LogP contribution in [-0.4, -0.2) is 16.1 Å². The van der Waals surface area contributed by atoms with E-state index in [0.717, 1.165) is 59.4 Å². The van der Waals surface area contributed by atoms with Gasteiger partial charge in [0.15, 0.2) is 10.4 Å². The number of anilines is 1. The molecule has 1 atom stereocenters. The van der Waals surface area contributed by atoms with Gasteiger partial charge in [0.1, 0.15) is 21.2 Å². The summed E-state index contributed by atoms with van der Waals surface area (Å²) < 4.78 is 11.4. The van der Waals surface area contributed by atoms with E-state index in [9.17, 15) is 9.90 Å². The number of allylic oxidation sites excluding steroid dienone is 1. The standard InChI is InChI=1S/C24H20Cl2N2O4S/c1-2-3-11-8-12(10-13-4-6-16(25)31-13)21-14(9-11)18(15-5-7-17(26)32-15)19-20(27)22(24(29)30)33-23(19)28-21/h4-7,10-11H,2-3,8-9,27H2,1H3,(H,29,30). The first-order chi connectivity index (χ1) is 15.9. The molecule has 1 aliphatic carbocycles. The molecular weight excluding hydrogens is 483 g/mol. The first-order valence-corrected chi connectivity index (χ1v) is 12.1. The zero-order chi connectivity index (χ0) is 23.3. The summed E-state index contributed by atoms with van der Waals surface area (Å²) in [6.45, 7) is 2.16. The highest BCUT2D eigenvalue weighted by molar-refractivity contribution is 7.21. The van der Waals surface area contributed by atoms with Crippen molar-refractivity contribution in [3.8, 4) is 11.3 Å². The molecule has 0 amide bonds. The molecule has 0 bridgehead atoms. The minimum absolute atomic E-state index is 0.0622. The molecule has 170 valence electrons. The second-order valence-corrected chi connectivity index (χ2v) is 9.87. The number of nitrogens with zero attached hydrogens (tertiary/aromatic N) is 1. The quantitative estimate of drug-likeness (QED) is 0.290. The van der Waals surface area contributed by atoms with Crippen molar-refractivity contribution in [1.82, 2.24) is 4.98 Å². The Labute approximate surface area is 203 Å². The molecule has 4 aromatic heterocycles. The number of hydrogen-bond donors (Lipinski definition) is 2. The van der Waals surface area contributed by atoms with Gasteiger partial charge in [-0.3, -0.25) is 0 Å². The van der Waals surface area contributed by atoms with Crippen LogP contribution in [0.15, 0.2) is 33.1 Å². The van der Waals surface area contributed by atoms with Gasteiger partial charge in [0.05, 0.1) is 11.4 Å². The van der Waals surface area contributed by atoms with Crippen molar-refractivity contribution < 1.29 is 18.7 Å². The summed E-state index contributed by atoms with van der Waals surface area (Å²) in [5, 5.41) is 10.8. The van der Waals surface area contributed by atoms with Crippen LogP contribution >= 0.6 is 34.5 Å². The molecule has 6 nitrogen and oxygen atoms in total. The number of thiophene rings is 1. The molecule has 0 saturated carbocycles. The van der Waals surface area contributed by atoms with Crippen LogP contribution in [0.4, 0.5) is 5.69 Å². The van der Waals surface area contributed by atoms with Gasteiger partial charge in [-0.2, -0.15) is 0 Å². The number of hydrogen-bond acceptors (Lipinski definition) is 6. The maximum absolute atomic E-state index is 11.8. The Kier molecular flexibility index (Phi) is 5.72. The number of fused-ring (bicyclic) bond motifs is 2. The normalized spacial score (nSPS) is 17.1. The number of pyridine rings is 1. The predicted octanol–water partition coefficient (Wildman–Crippen LogP) is 7.64. The lowest BCUT2D eigenvalue weighted by molar-refractivity contribution is 0.0703. The summed E-state index contributed by atoms with van der Waals surface area (Å²) in [6, 6.07) is 6.97. The minimum Gasteiger partial charge on any atom is -0.477 e. The number of carboxylic acids is 1. The van der Waals surface area contributed by atoms with Gasteiger partial charge in [0.25, 0.3) is 0 Å². The van der Waals surface area contributed by atoms with Crippen molar-refractivity contribution in [3.63, 3.8) is 0 Å². The zero-order valence-electron chi connectivity index (χ0n) is 17.7. The van der Waals surface area contributed by atoms with E-state index in [1.807, 2.05) is 12.1 Å². The van der Waals surface area contributed by atoms with Gasteiger partial charge < -0.3 is 19.7 Å². The van der Waals surface area contributed by atoms with Gasteiger partial charge in [0, 0.05) is 10.9 Å². The number of carboxylic acid groups (broad SMARTS) is 1. The van der Waals surface area contributed by atoms with Crippen LogP contribution in [0.25, 0.3) is 33.2 Å². The molecule has 4 aromatic rings. The van der Waals surface area contributed by atoms with Crippen LogP contribution in [0.3, 0.4) is 0 Å². The number of carbonyl (C=O) groups is 1. The minimum atomic E-state index is -1.08. The summed E-state index contributed by atoms with van der Waals surface area (Å²) in [7, 11) is 0. The molecule has 0 fully saturated rings. The van der Waals surface area contributed by atoms with Gasteiger partial charge in [-0.1, -0.05) is 19.8 Å². The lowest BCUT2D eigenvalue weighted by Crippen LogP contribution is -2.16. The fourth-order valence-corrected chi connectivity index (χ4v) is 5.86. The van der Waals surface area contributed by atoms with E-state index in [0.29, 0.717) is 32.9 Å². The molecule has 0 spiro atoms. The highest BCUT2D eigenvalue weighted by Crippen LogP contribution is 2.48. The van der Waals surface area contributed by atoms with Gasteiger partial charge in [-0.05, 0) is 83.4 Å². The molecule has 4 heterocycles. The highest BCUT2D eigenvalue weighted by Gasteiger charge is 2.31. The summed E-state index contributed by atoms with van der Waals surface area (Å²) in [5.74, 6) is 0.477. The fourth-order valence-electron chi connectivity index (χ4n) is 4.62. The molecular formula is C24H20Cl2N2O4S. The summed E-state index contributed by atoms with van der Waals surface area (Å²) in [6.07, 6.45) is 5.63. The SMILES string of the molecule is CCCC1CC(=Cc2ccc(Cl)o2)c2nc3sc(C(=O)O)c(N)c3c(-c3ccc(Cl)o3)c2C1. The molecule has 1 unspecified atom stereocenters. The van der Waals surface area contributed by atoms with Crippen molar-refractivity contribution in [2.75, 3.05) is 5.73 Å². The zero-order valence-corrected chi connectivity index (χ0v) is 20.0. The molecule has 0 aromatic carbocycles. The van der Waals surface area contributed by atoms with Gasteiger partial charge in [-0.25, -0.2) is 9.78 Å². The Balaban J connectivity index is 1.83. The van der Waals surface area contributed by atoms with Crippen molar-refractivity contribution in [2.45, 2.75) is 32.6 Å². The van der Waals surface area contributed by atoms with E-state index < -0.39 is 5.97 Å². The first kappa shape index (κ1) is 22.1. The molecule has 3 N–H and O–H groups in total.